The lowest BCUT2D eigenvalue weighted by Crippen LogP contribution is -2.43. The molecule has 1 aliphatic heterocycles. The van der Waals surface area contributed by atoms with Crippen LogP contribution in [0, 0.1) is 5.92 Å². The molecule has 1 amide bonds. The molecule has 1 aromatic carbocycles. The molecule has 2 rings (SSSR count). The Morgan fingerprint density at radius 3 is 2.86 bits per heavy atom. The monoisotopic (exact) mass is 305 g/mol. The Morgan fingerprint density at radius 2 is 2.18 bits per heavy atom. The molecular formula is C15H20BNO5. The SMILES string of the molecule is CCOC(=O)[C@@H]1CCCN(C(=O)c2cccc(B(O)O)c2)C1. The molecule has 1 saturated heterocycles. The predicted octanol–water partition coefficient (Wildman–Crippen LogP) is -0.218. The first kappa shape index (κ1) is 16.5. The molecule has 0 radical (unpaired) electrons. The number of piperidine rings is 1. The van der Waals surface area contributed by atoms with Crippen molar-refractivity contribution in [2.45, 2.75) is 19.8 Å². The van der Waals surface area contributed by atoms with Crippen LogP contribution < -0.4 is 5.46 Å². The van der Waals surface area contributed by atoms with E-state index in [-0.39, 0.29) is 23.3 Å². The summed E-state index contributed by atoms with van der Waals surface area (Å²) in [5.74, 6) is -0.764. The first-order valence-electron chi connectivity index (χ1n) is 7.45. The minimum atomic E-state index is -1.61. The number of hydrogen-bond acceptors (Lipinski definition) is 5. The van der Waals surface area contributed by atoms with Crippen molar-refractivity contribution in [3.05, 3.63) is 29.8 Å². The summed E-state index contributed by atoms with van der Waals surface area (Å²) in [6.45, 7) is 3.01. The summed E-state index contributed by atoms with van der Waals surface area (Å²) in [5, 5.41) is 18.4. The van der Waals surface area contributed by atoms with E-state index in [2.05, 4.69) is 0 Å². The van der Waals surface area contributed by atoms with Crippen molar-refractivity contribution < 1.29 is 24.4 Å². The van der Waals surface area contributed by atoms with E-state index in [1.807, 2.05) is 0 Å². The van der Waals surface area contributed by atoms with E-state index < -0.39 is 7.12 Å². The van der Waals surface area contributed by atoms with Crippen molar-refractivity contribution in [3.63, 3.8) is 0 Å². The zero-order chi connectivity index (χ0) is 16.1. The molecule has 1 fully saturated rings. The molecule has 0 unspecified atom stereocenters. The molecule has 1 aromatic rings. The Morgan fingerprint density at radius 1 is 1.41 bits per heavy atom. The average molecular weight is 305 g/mol. The molecule has 0 saturated carbocycles. The fourth-order valence-electron chi connectivity index (χ4n) is 2.63. The summed E-state index contributed by atoms with van der Waals surface area (Å²) in [4.78, 5) is 26.0. The van der Waals surface area contributed by atoms with Crippen LogP contribution in [0.2, 0.25) is 0 Å². The Balaban J connectivity index is 2.08. The van der Waals surface area contributed by atoms with Crippen molar-refractivity contribution in [2.24, 2.45) is 5.92 Å². The zero-order valence-corrected chi connectivity index (χ0v) is 12.6. The highest BCUT2D eigenvalue weighted by molar-refractivity contribution is 6.58. The van der Waals surface area contributed by atoms with Gasteiger partial charge in [0.2, 0.25) is 0 Å². The first-order chi connectivity index (χ1) is 10.5. The first-order valence-corrected chi connectivity index (χ1v) is 7.45. The van der Waals surface area contributed by atoms with Crippen LogP contribution in [-0.2, 0) is 9.53 Å². The molecule has 0 bridgehead atoms. The van der Waals surface area contributed by atoms with E-state index in [9.17, 15) is 19.6 Å². The van der Waals surface area contributed by atoms with Crippen LogP contribution in [0.4, 0.5) is 0 Å². The van der Waals surface area contributed by atoms with Crippen molar-refractivity contribution in [1.29, 1.82) is 0 Å². The van der Waals surface area contributed by atoms with Crippen LogP contribution in [0.15, 0.2) is 24.3 Å². The van der Waals surface area contributed by atoms with Gasteiger partial charge in [-0.15, -0.1) is 0 Å². The van der Waals surface area contributed by atoms with Crippen molar-refractivity contribution in [2.75, 3.05) is 19.7 Å². The molecule has 6 nitrogen and oxygen atoms in total. The van der Waals surface area contributed by atoms with Gasteiger partial charge in [0.15, 0.2) is 0 Å². The summed E-state index contributed by atoms with van der Waals surface area (Å²) in [7, 11) is -1.61. The second kappa shape index (κ2) is 7.42. The van der Waals surface area contributed by atoms with Crippen LogP contribution >= 0.6 is 0 Å². The minimum Gasteiger partial charge on any atom is -0.466 e. The highest BCUT2D eigenvalue weighted by Gasteiger charge is 2.30. The molecule has 22 heavy (non-hydrogen) atoms. The number of amides is 1. The molecule has 1 heterocycles. The normalized spacial score (nSPS) is 18.0. The molecule has 2 N–H and O–H groups in total. The molecule has 118 valence electrons. The fourth-order valence-corrected chi connectivity index (χ4v) is 2.63. The summed E-state index contributed by atoms with van der Waals surface area (Å²) in [6, 6.07) is 6.23. The maximum atomic E-state index is 12.5. The number of hydrogen-bond donors (Lipinski definition) is 2. The molecule has 0 aromatic heterocycles. The Hall–Kier alpha value is -1.86. The molecular weight excluding hydrogens is 285 g/mol. The number of carbonyl (C=O) groups excluding carboxylic acids is 2. The third kappa shape index (κ3) is 3.87. The third-order valence-corrected chi connectivity index (χ3v) is 3.76. The number of benzene rings is 1. The smallest absolute Gasteiger partial charge is 0.466 e. The molecule has 1 atom stereocenters. The number of carbonyl (C=O) groups is 2. The van der Waals surface area contributed by atoms with Gasteiger partial charge in [0.25, 0.3) is 5.91 Å². The van der Waals surface area contributed by atoms with E-state index in [0.717, 1.165) is 12.8 Å². The van der Waals surface area contributed by atoms with Crippen LogP contribution in [0.1, 0.15) is 30.1 Å². The van der Waals surface area contributed by atoms with Crippen LogP contribution in [0.3, 0.4) is 0 Å². The van der Waals surface area contributed by atoms with Crippen molar-refractivity contribution >= 4 is 24.5 Å². The number of nitrogens with zero attached hydrogens (tertiary/aromatic N) is 1. The standard InChI is InChI=1S/C15H20BNO5/c1-2-22-15(19)12-6-4-8-17(10-12)14(18)11-5-3-7-13(9-11)16(20)21/h3,5,7,9,12,20-21H,2,4,6,8,10H2,1H3/t12-/m1/s1. The lowest BCUT2D eigenvalue weighted by Gasteiger charge is -2.31. The fraction of sp³-hybridized carbons (Fsp3) is 0.467. The lowest BCUT2D eigenvalue weighted by atomic mass is 9.79. The molecule has 0 aliphatic carbocycles. The maximum absolute atomic E-state index is 12.5. The number of ether oxygens (including phenoxy) is 1. The third-order valence-electron chi connectivity index (χ3n) is 3.76. The van der Waals surface area contributed by atoms with Gasteiger partial charge in [-0.2, -0.15) is 0 Å². The van der Waals surface area contributed by atoms with Gasteiger partial charge in [0.05, 0.1) is 12.5 Å². The quantitative estimate of drug-likeness (QED) is 0.593. The molecule has 7 heteroatoms. The van der Waals surface area contributed by atoms with Gasteiger partial charge in [-0.05, 0) is 37.4 Å². The largest absolute Gasteiger partial charge is 0.488 e. The van der Waals surface area contributed by atoms with E-state index in [1.54, 1.807) is 30.0 Å². The van der Waals surface area contributed by atoms with E-state index >= 15 is 0 Å². The highest BCUT2D eigenvalue weighted by Crippen LogP contribution is 2.19. The topological polar surface area (TPSA) is 87.1 Å². The number of esters is 1. The zero-order valence-electron chi connectivity index (χ0n) is 12.6. The second-order valence-electron chi connectivity index (χ2n) is 5.34. The maximum Gasteiger partial charge on any atom is 0.488 e. The lowest BCUT2D eigenvalue weighted by molar-refractivity contribution is -0.149. The molecule has 1 aliphatic rings. The van der Waals surface area contributed by atoms with Gasteiger partial charge < -0.3 is 19.7 Å². The van der Waals surface area contributed by atoms with Gasteiger partial charge in [0.1, 0.15) is 0 Å². The van der Waals surface area contributed by atoms with E-state index in [1.165, 1.54) is 6.07 Å². The van der Waals surface area contributed by atoms with Crippen LogP contribution in [0.5, 0.6) is 0 Å². The average Bonchev–Trinajstić information content (AvgIpc) is 2.54. The van der Waals surface area contributed by atoms with E-state index in [0.29, 0.717) is 25.3 Å². The summed E-state index contributed by atoms with van der Waals surface area (Å²) < 4.78 is 5.02. The number of rotatable bonds is 4. The van der Waals surface area contributed by atoms with E-state index in [4.69, 9.17) is 4.74 Å². The minimum absolute atomic E-state index is 0.212. The van der Waals surface area contributed by atoms with Gasteiger partial charge >= 0.3 is 13.1 Å². The van der Waals surface area contributed by atoms with Gasteiger partial charge in [-0.25, -0.2) is 0 Å². The summed E-state index contributed by atoms with van der Waals surface area (Å²) >= 11 is 0. The van der Waals surface area contributed by atoms with Crippen molar-refractivity contribution in [1.82, 2.24) is 4.90 Å². The Labute approximate surface area is 129 Å². The molecule has 0 spiro atoms. The van der Waals surface area contributed by atoms with Crippen LogP contribution in [-0.4, -0.2) is 53.6 Å². The van der Waals surface area contributed by atoms with Crippen LogP contribution in [0.25, 0.3) is 0 Å². The Kier molecular flexibility index (Phi) is 5.57. The second-order valence-corrected chi connectivity index (χ2v) is 5.34. The number of likely N-dealkylation sites (tertiary alicyclic amines) is 1. The van der Waals surface area contributed by atoms with Gasteiger partial charge in [-0.3, -0.25) is 9.59 Å². The Bertz CT molecular complexity index is 548. The summed E-state index contributed by atoms with van der Waals surface area (Å²) in [6.07, 6.45) is 1.47. The van der Waals surface area contributed by atoms with Gasteiger partial charge in [0, 0.05) is 18.7 Å². The predicted molar refractivity (Wildman–Crippen MR) is 81.5 cm³/mol. The van der Waals surface area contributed by atoms with Gasteiger partial charge in [-0.1, -0.05) is 12.1 Å². The van der Waals surface area contributed by atoms with Crippen molar-refractivity contribution in [3.8, 4) is 0 Å². The summed E-state index contributed by atoms with van der Waals surface area (Å²) in [5.41, 5.74) is 0.653. The highest BCUT2D eigenvalue weighted by atomic mass is 16.5.